The average Bonchev–Trinajstić information content (AvgIpc) is 2.39. The number of aryl methyl sites for hydroxylation is 1. The van der Waals surface area contributed by atoms with E-state index in [4.69, 9.17) is 4.74 Å². The van der Waals surface area contributed by atoms with Gasteiger partial charge in [0, 0.05) is 24.4 Å². The van der Waals surface area contributed by atoms with Crippen molar-refractivity contribution in [1.29, 1.82) is 0 Å². The van der Waals surface area contributed by atoms with Gasteiger partial charge in [-0.2, -0.15) is 0 Å². The highest BCUT2D eigenvalue weighted by molar-refractivity contribution is 5.68. The number of rotatable bonds is 0. The molecule has 4 heteroatoms. The average molecular weight is 260 g/mol. The predicted octanol–water partition coefficient (Wildman–Crippen LogP) is 2.72. The van der Waals surface area contributed by atoms with Crippen molar-refractivity contribution < 1.29 is 9.53 Å². The summed E-state index contributed by atoms with van der Waals surface area (Å²) in [6, 6.07) is 4.08. The van der Waals surface area contributed by atoms with E-state index in [1.807, 2.05) is 19.9 Å². The first kappa shape index (κ1) is 15.0. The summed E-state index contributed by atoms with van der Waals surface area (Å²) in [7, 11) is 1.41. The zero-order chi connectivity index (χ0) is 14.4. The number of ether oxygens (including phenoxy) is 1. The molecule has 1 atom stereocenters. The zero-order valence-electron chi connectivity index (χ0n) is 11.9. The molecule has 0 radical (unpaired) electrons. The van der Waals surface area contributed by atoms with Gasteiger partial charge < -0.3 is 9.64 Å². The molecule has 1 amide bonds. The van der Waals surface area contributed by atoms with Gasteiger partial charge in [0.2, 0.25) is 0 Å². The van der Waals surface area contributed by atoms with Gasteiger partial charge in [-0.25, -0.2) is 4.79 Å². The van der Waals surface area contributed by atoms with Crippen LogP contribution in [0.25, 0.3) is 0 Å². The number of methoxy groups -OCH3 is 1. The summed E-state index contributed by atoms with van der Waals surface area (Å²) in [5, 5.41) is 0. The van der Waals surface area contributed by atoms with Gasteiger partial charge in [0.1, 0.15) is 0 Å². The molecule has 0 saturated heterocycles. The van der Waals surface area contributed by atoms with E-state index in [9.17, 15) is 4.79 Å². The molecule has 2 rings (SSSR count). The summed E-state index contributed by atoms with van der Waals surface area (Å²) in [6.07, 6.45) is 5.13. The van der Waals surface area contributed by atoms with Crippen LogP contribution in [0.2, 0.25) is 0 Å². The van der Waals surface area contributed by atoms with Crippen molar-refractivity contribution >= 4 is 6.09 Å². The second kappa shape index (κ2) is 6.79. The molecule has 4 nitrogen and oxygen atoms in total. The Morgan fingerprint density at radius 1 is 1.58 bits per heavy atom. The number of carbonyl (C=O) groups excluding carboxylic acids is 1. The van der Waals surface area contributed by atoms with Crippen LogP contribution in [0.3, 0.4) is 0 Å². The van der Waals surface area contributed by atoms with Gasteiger partial charge in [-0.05, 0) is 32.4 Å². The molecule has 1 aromatic rings. The Balaban J connectivity index is 0.000000550. The lowest BCUT2D eigenvalue weighted by Gasteiger charge is -2.33. The predicted molar refractivity (Wildman–Crippen MR) is 74.7 cm³/mol. The Bertz CT molecular complexity index is 491. The number of amides is 1. The minimum atomic E-state index is -0.265. The van der Waals surface area contributed by atoms with Crippen LogP contribution in [0.4, 0.5) is 4.79 Å². The van der Waals surface area contributed by atoms with Gasteiger partial charge in [-0.1, -0.05) is 6.07 Å². The van der Waals surface area contributed by atoms with Crippen LogP contribution in [-0.2, 0) is 11.2 Å². The molecule has 19 heavy (non-hydrogen) atoms. The van der Waals surface area contributed by atoms with E-state index in [2.05, 4.69) is 23.4 Å². The Labute approximate surface area is 114 Å². The topological polar surface area (TPSA) is 42.4 Å². The molecular formula is C15H20N2O2. The summed E-state index contributed by atoms with van der Waals surface area (Å²) >= 11 is 0. The Kier molecular flexibility index (Phi) is 5.37. The lowest BCUT2D eigenvalue weighted by atomic mass is 9.98. The van der Waals surface area contributed by atoms with E-state index in [-0.39, 0.29) is 12.1 Å². The third kappa shape index (κ3) is 3.47. The fraction of sp³-hybridized carbons (Fsp3) is 0.467. The van der Waals surface area contributed by atoms with Crippen molar-refractivity contribution in [2.75, 3.05) is 13.7 Å². The molecule has 0 bridgehead atoms. The molecule has 2 heterocycles. The molecule has 102 valence electrons. The van der Waals surface area contributed by atoms with Gasteiger partial charge >= 0.3 is 6.09 Å². The van der Waals surface area contributed by atoms with Gasteiger partial charge in [0.25, 0.3) is 0 Å². The van der Waals surface area contributed by atoms with Crippen LogP contribution in [-0.4, -0.2) is 29.6 Å². The van der Waals surface area contributed by atoms with Crippen molar-refractivity contribution in [2.45, 2.75) is 33.2 Å². The largest absolute Gasteiger partial charge is 0.453 e. The maximum atomic E-state index is 11.5. The maximum Gasteiger partial charge on any atom is 0.409 e. The maximum absolute atomic E-state index is 11.5. The summed E-state index contributed by atoms with van der Waals surface area (Å²) in [5.74, 6) is 2.25. The fourth-order valence-corrected chi connectivity index (χ4v) is 2.16. The highest BCUT2D eigenvalue weighted by Gasteiger charge is 2.28. The van der Waals surface area contributed by atoms with E-state index in [0.717, 1.165) is 23.4 Å². The first-order valence-corrected chi connectivity index (χ1v) is 6.23. The number of terminal acetylenes is 1. The van der Waals surface area contributed by atoms with Crippen LogP contribution < -0.4 is 0 Å². The highest BCUT2D eigenvalue weighted by atomic mass is 16.5. The van der Waals surface area contributed by atoms with Crippen LogP contribution >= 0.6 is 0 Å². The summed E-state index contributed by atoms with van der Waals surface area (Å²) < 4.78 is 4.77. The summed E-state index contributed by atoms with van der Waals surface area (Å²) in [6.45, 7) is 6.32. The fourth-order valence-electron chi connectivity index (χ4n) is 2.16. The molecule has 1 aliphatic rings. The van der Waals surface area contributed by atoms with Crippen molar-refractivity contribution in [2.24, 2.45) is 0 Å². The van der Waals surface area contributed by atoms with Crippen molar-refractivity contribution in [1.82, 2.24) is 9.88 Å². The van der Waals surface area contributed by atoms with Crippen LogP contribution in [0.15, 0.2) is 12.1 Å². The molecular weight excluding hydrogens is 240 g/mol. The molecule has 1 aromatic heterocycles. The molecule has 0 spiro atoms. The second-order valence-electron chi connectivity index (χ2n) is 4.37. The molecule has 1 aliphatic heterocycles. The molecule has 0 aromatic carbocycles. The number of nitrogens with zero attached hydrogens (tertiary/aromatic N) is 2. The minimum absolute atomic E-state index is 0.0456. The number of carbonyl (C=O) groups is 1. The monoisotopic (exact) mass is 260 g/mol. The second-order valence-corrected chi connectivity index (χ2v) is 4.37. The van der Waals surface area contributed by atoms with Gasteiger partial charge in [0.15, 0.2) is 0 Å². The van der Waals surface area contributed by atoms with Crippen LogP contribution in [0.5, 0.6) is 0 Å². The first-order chi connectivity index (χ1) is 9.04. The van der Waals surface area contributed by atoms with E-state index >= 15 is 0 Å². The van der Waals surface area contributed by atoms with Crippen LogP contribution in [0, 0.1) is 19.3 Å². The third-order valence-corrected chi connectivity index (χ3v) is 3.06. The molecule has 0 aliphatic carbocycles. The molecule has 0 saturated carbocycles. The van der Waals surface area contributed by atoms with E-state index in [1.54, 1.807) is 11.8 Å². The smallest absolute Gasteiger partial charge is 0.409 e. The van der Waals surface area contributed by atoms with Crippen molar-refractivity contribution in [3.05, 3.63) is 29.1 Å². The van der Waals surface area contributed by atoms with Gasteiger partial charge in [0.05, 0.1) is 13.2 Å². The number of aromatic nitrogens is 1. The summed E-state index contributed by atoms with van der Waals surface area (Å²) in [4.78, 5) is 17.8. The minimum Gasteiger partial charge on any atom is -0.453 e. The lowest BCUT2D eigenvalue weighted by molar-refractivity contribution is 0.104. The molecule has 0 fully saturated rings. The number of hydrogen-bond donors (Lipinski definition) is 0. The van der Waals surface area contributed by atoms with E-state index < -0.39 is 0 Å². The van der Waals surface area contributed by atoms with Crippen molar-refractivity contribution in [3.8, 4) is 12.3 Å². The number of hydrogen-bond acceptors (Lipinski definition) is 3. The molecule has 0 N–H and O–H groups in total. The van der Waals surface area contributed by atoms with Gasteiger partial charge in [-0.3, -0.25) is 4.98 Å². The quantitative estimate of drug-likeness (QED) is 0.674. The van der Waals surface area contributed by atoms with Gasteiger partial charge in [-0.15, -0.1) is 12.3 Å². The standard InChI is InChI=1S/C12H16N2O2.C3H4/c1-8-4-5-10-9(2)14(12(15)16-3)7-6-11(10)13-8;1-3-2/h4-5,9H,6-7H2,1-3H3;1H,2H3. The zero-order valence-corrected chi connectivity index (χ0v) is 11.9. The van der Waals surface area contributed by atoms with Crippen molar-refractivity contribution in [3.63, 3.8) is 0 Å². The Morgan fingerprint density at radius 2 is 2.21 bits per heavy atom. The van der Waals surface area contributed by atoms with E-state index in [1.165, 1.54) is 7.11 Å². The lowest BCUT2D eigenvalue weighted by Crippen LogP contribution is -2.39. The Hall–Kier alpha value is -2.02. The SMILES string of the molecule is C#CC.COC(=O)N1CCc2nc(C)ccc2C1C. The number of pyridine rings is 1. The Morgan fingerprint density at radius 3 is 2.79 bits per heavy atom. The van der Waals surface area contributed by atoms with E-state index in [0.29, 0.717) is 6.54 Å². The molecule has 1 unspecified atom stereocenters. The first-order valence-electron chi connectivity index (χ1n) is 6.23. The highest BCUT2D eigenvalue weighted by Crippen LogP contribution is 2.28. The number of fused-ring (bicyclic) bond motifs is 1. The normalized spacial score (nSPS) is 16.6. The van der Waals surface area contributed by atoms with Crippen LogP contribution in [0.1, 0.15) is 36.8 Å². The summed E-state index contributed by atoms with van der Waals surface area (Å²) in [5.41, 5.74) is 3.26. The third-order valence-electron chi connectivity index (χ3n) is 3.06.